The van der Waals surface area contributed by atoms with Crippen LogP contribution in [0.15, 0.2) is 11.5 Å². The van der Waals surface area contributed by atoms with Crippen LogP contribution in [0, 0.1) is 0 Å². The number of aliphatic hydroxyl groups is 10. The molecule has 16 nitrogen and oxygen atoms in total. The molecule has 0 aromatic carbocycles. The number of rotatable bonds is 10. The van der Waals surface area contributed by atoms with Gasteiger partial charge < -0.3 is 74.7 Å². The Bertz CT molecular complexity index is 775. The largest absolute Gasteiger partial charge is 0.505 e. The first-order valence-corrected chi connectivity index (χ1v) is 10.2. The third-order valence-corrected chi connectivity index (χ3v) is 5.86. The third-order valence-electron chi connectivity index (χ3n) is 5.86. The molecule has 0 aliphatic carbocycles. The van der Waals surface area contributed by atoms with E-state index >= 15 is 0 Å². The molecule has 3 rings (SSSR count). The van der Waals surface area contributed by atoms with Gasteiger partial charge in [-0.05, 0) is 0 Å². The first-order valence-electron chi connectivity index (χ1n) is 10.2. The van der Waals surface area contributed by atoms with Gasteiger partial charge in [-0.1, -0.05) is 0 Å². The van der Waals surface area contributed by atoms with Crippen LogP contribution < -0.4 is 0 Å². The first-order chi connectivity index (χ1) is 16.0. The number of ether oxygens (including phenoxy) is 5. The van der Waals surface area contributed by atoms with Crippen molar-refractivity contribution < 1.29 is 79.5 Å². The number of esters is 1. The lowest BCUT2D eigenvalue weighted by Gasteiger charge is -2.32. The highest BCUT2D eigenvalue weighted by molar-refractivity contribution is 5.89. The Labute approximate surface area is 191 Å². The van der Waals surface area contributed by atoms with Crippen molar-refractivity contribution in [2.45, 2.75) is 60.4 Å². The molecule has 4 unspecified atom stereocenters. The van der Waals surface area contributed by atoms with Gasteiger partial charge in [0, 0.05) is 0 Å². The maximum atomic E-state index is 12.1. The molecule has 10 N–H and O–H groups in total. The summed E-state index contributed by atoms with van der Waals surface area (Å²) in [6, 6.07) is 0. The van der Waals surface area contributed by atoms with Crippen molar-refractivity contribution >= 4 is 5.97 Å². The van der Waals surface area contributed by atoms with Crippen molar-refractivity contribution in [2.75, 3.05) is 33.0 Å². The van der Waals surface area contributed by atoms with Crippen LogP contribution in [0.3, 0.4) is 0 Å². The van der Waals surface area contributed by atoms with E-state index in [1.54, 1.807) is 0 Å². The van der Waals surface area contributed by atoms with Crippen molar-refractivity contribution in [3.05, 3.63) is 11.5 Å². The van der Waals surface area contributed by atoms with E-state index < -0.39 is 111 Å². The summed E-state index contributed by atoms with van der Waals surface area (Å²) >= 11 is 0. The molecular weight excluding hydrogens is 472 g/mol. The van der Waals surface area contributed by atoms with Gasteiger partial charge in [0.1, 0.15) is 55.9 Å². The molecule has 16 heteroatoms. The van der Waals surface area contributed by atoms with Gasteiger partial charge in [-0.15, -0.1) is 0 Å². The van der Waals surface area contributed by atoms with E-state index in [0.29, 0.717) is 0 Å². The quantitative estimate of drug-likeness (QED) is 0.125. The van der Waals surface area contributed by atoms with E-state index in [4.69, 9.17) is 28.8 Å². The van der Waals surface area contributed by atoms with Crippen LogP contribution >= 0.6 is 0 Å². The Hall–Kier alpha value is -1.67. The van der Waals surface area contributed by atoms with Crippen LogP contribution in [-0.2, 0) is 28.5 Å². The lowest BCUT2D eigenvalue weighted by atomic mass is 10.0. The summed E-state index contributed by atoms with van der Waals surface area (Å²) in [5.74, 6) is -8.01. The highest BCUT2D eigenvalue weighted by Gasteiger charge is 2.60. The maximum absolute atomic E-state index is 12.1. The summed E-state index contributed by atoms with van der Waals surface area (Å²) in [4.78, 5) is 12.1. The lowest BCUT2D eigenvalue weighted by Crippen LogP contribution is -2.50. The van der Waals surface area contributed by atoms with Crippen LogP contribution in [0.5, 0.6) is 0 Å². The SMILES string of the molecule is O=C1OC(C(O)CO)C(O)=C1O[C@]1(CO)O[C@H](CO[C@]2(CO)O[C@H](CO)[C@H](O)C2O)[C@H](O)C1O. The van der Waals surface area contributed by atoms with Crippen LogP contribution in [0.2, 0.25) is 0 Å². The average molecular weight is 500 g/mol. The standard InChI is InChI=1S/C18H28O16/c19-1-6(23)12-11(26)13(16(29)31-12)34-18(5-22)15(28)10(25)8(33-18)3-30-17(4-21)14(27)9(24)7(2-20)32-17/h6-10,12,14-15,19-28H,1-5H2/t6?,7-,8-,9+,10+,12?,14?,15?,17-,18+/m1/s1. The Morgan fingerprint density at radius 3 is 2.00 bits per heavy atom. The molecule has 0 bridgehead atoms. The second kappa shape index (κ2) is 10.1. The van der Waals surface area contributed by atoms with Gasteiger partial charge in [-0.25, -0.2) is 4.79 Å². The molecule has 3 aliphatic heterocycles. The summed E-state index contributed by atoms with van der Waals surface area (Å²) in [6.07, 6.45) is -13.6. The molecule has 0 spiro atoms. The monoisotopic (exact) mass is 500 g/mol. The van der Waals surface area contributed by atoms with Gasteiger partial charge in [0.2, 0.25) is 11.5 Å². The van der Waals surface area contributed by atoms with E-state index in [1.165, 1.54) is 0 Å². The second-order valence-electron chi connectivity index (χ2n) is 8.01. The smallest absolute Gasteiger partial charge is 0.378 e. The zero-order valence-corrected chi connectivity index (χ0v) is 17.6. The number of cyclic esters (lactones) is 1. The normalized spacial score (nSPS) is 43.4. The number of aliphatic hydroxyl groups excluding tert-OH is 10. The molecular formula is C18H28O16. The van der Waals surface area contributed by atoms with Gasteiger partial charge in [0.25, 0.3) is 5.79 Å². The Morgan fingerprint density at radius 1 is 0.912 bits per heavy atom. The highest BCUT2D eigenvalue weighted by atomic mass is 16.8. The van der Waals surface area contributed by atoms with Crippen molar-refractivity contribution in [1.29, 1.82) is 0 Å². The summed E-state index contributed by atoms with van der Waals surface area (Å²) in [7, 11) is 0. The second-order valence-corrected chi connectivity index (χ2v) is 8.01. The van der Waals surface area contributed by atoms with E-state index in [1.807, 2.05) is 0 Å². The topological polar surface area (TPSA) is 266 Å². The van der Waals surface area contributed by atoms with Gasteiger partial charge in [-0.2, -0.15) is 0 Å². The molecule has 196 valence electrons. The average Bonchev–Trinajstić information content (AvgIpc) is 3.36. The number of carbonyl (C=O) groups excluding carboxylic acids is 1. The Kier molecular flexibility index (Phi) is 8.03. The molecule has 34 heavy (non-hydrogen) atoms. The fourth-order valence-electron chi connectivity index (χ4n) is 3.84. The fourth-order valence-corrected chi connectivity index (χ4v) is 3.84. The van der Waals surface area contributed by atoms with Gasteiger partial charge in [0.15, 0.2) is 11.9 Å². The molecule has 0 amide bonds. The van der Waals surface area contributed by atoms with Gasteiger partial charge in [-0.3, -0.25) is 0 Å². The lowest BCUT2D eigenvalue weighted by molar-refractivity contribution is -0.298. The molecule has 3 heterocycles. The van der Waals surface area contributed by atoms with Crippen molar-refractivity contribution in [1.82, 2.24) is 0 Å². The van der Waals surface area contributed by atoms with Crippen molar-refractivity contribution in [3.8, 4) is 0 Å². The van der Waals surface area contributed by atoms with E-state index in [-0.39, 0.29) is 0 Å². The minimum Gasteiger partial charge on any atom is -0.505 e. The minimum absolute atomic E-state index is 0.716. The minimum atomic E-state index is -2.54. The van der Waals surface area contributed by atoms with Gasteiger partial charge >= 0.3 is 5.97 Å². The molecule has 0 radical (unpaired) electrons. The molecule has 2 saturated heterocycles. The summed E-state index contributed by atoms with van der Waals surface area (Å²) in [5.41, 5.74) is 0. The number of carbonyl (C=O) groups is 1. The number of hydrogen-bond donors (Lipinski definition) is 10. The summed E-state index contributed by atoms with van der Waals surface area (Å²) < 4.78 is 25.8. The van der Waals surface area contributed by atoms with Crippen LogP contribution in [0.1, 0.15) is 0 Å². The zero-order valence-electron chi connectivity index (χ0n) is 17.6. The van der Waals surface area contributed by atoms with Gasteiger partial charge in [0.05, 0.1) is 19.8 Å². The van der Waals surface area contributed by atoms with Crippen LogP contribution in [0.25, 0.3) is 0 Å². The highest BCUT2D eigenvalue weighted by Crippen LogP contribution is 2.39. The Morgan fingerprint density at radius 2 is 1.47 bits per heavy atom. The predicted octanol–water partition coefficient (Wildman–Crippen LogP) is -6.32. The molecule has 0 saturated carbocycles. The Balaban J connectivity index is 1.76. The molecule has 0 aromatic rings. The summed E-state index contributed by atoms with van der Waals surface area (Å²) in [6.45, 7) is -4.49. The third kappa shape index (κ3) is 4.36. The maximum Gasteiger partial charge on any atom is 0.378 e. The van der Waals surface area contributed by atoms with Crippen molar-refractivity contribution in [3.63, 3.8) is 0 Å². The van der Waals surface area contributed by atoms with E-state index in [9.17, 15) is 50.8 Å². The van der Waals surface area contributed by atoms with E-state index in [0.717, 1.165) is 0 Å². The molecule has 2 fully saturated rings. The van der Waals surface area contributed by atoms with E-state index in [2.05, 4.69) is 0 Å². The number of hydrogen-bond acceptors (Lipinski definition) is 16. The zero-order chi connectivity index (χ0) is 25.4. The first kappa shape index (κ1) is 26.9. The van der Waals surface area contributed by atoms with Crippen molar-refractivity contribution in [2.24, 2.45) is 0 Å². The summed E-state index contributed by atoms with van der Waals surface area (Å²) in [5, 5.41) is 98.4. The fraction of sp³-hybridized carbons (Fsp3) is 0.833. The predicted molar refractivity (Wildman–Crippen MR) is 100 cm³/mol. The molecule has 10 atom stereocenters. The van der Waals surface area contributed by atoms with Crippen LogP contribution in [0.4, 0.5) is 0 Å². The van der Waals surface area contributed by atoms with Crippen LogP contribution in [-0.4, -0.2) is 150 Å². The molecule has 0 aromatic heterocycles. The molecule has 3 aliphatic rings.